The van der Waals surface area contributed by atoms with Gasteiger partial charge in [0.05, 0.1) is 24.8 Å². The average Bonchev–Trinajstić information content (AvgIpc) is 3.40. The van der Waals surface area contributed by atoms with Crippen LogP contribution in [0, 0.1) is 5.92 Å². The molecule has 1 fully saturated rings. The van der Waals surface area contributed by atoms with Crippen LogP contribution in [0.2, 0.25) is 0 Å². The molecule has 1 unspecified atom stereocenters. The Bertz CT molecular complexity index is 1020. The lowest BCUT2D eigenvalue weighted by Crippen LogP contribution is -2.33. The van der Waals surface area contributed by atoms with Crippen molar-refractivity contribution in [3.63, 3.8) is 0 Å². The van der Waals surface area contributed by atoms with E-state index in [2.05, 4.69) is 20.8 Å². The van der Waals surface area contributed by atoms with E-state index < -0.39 is 5.92 Å². The zero-order valence-corrected chi connectivity index (χ0v) is 16.6. The lowest BCUT2D eigenvalue weighted by atomic mass is 10.1. The van der Waals surface area contributed by atoms with Gasteiger partial charge in [0.25, 0.3) is 0 Å². The highest BCUT2D eigenvalue weighted by Gasteiger charge is 2.35. The van der Waals surface area contributed by atoms with Gasteiger partial charge in [-0.05, 0) is 53.7 Å². The van der Waals surface area contributed by atoms with E-state index in [4.69, 9.17) is 4.74 Å². The number of ether oxygens (including phenoxy) is 1. The lowest BCUT2D eigenvalue weighted by molar-refractivity contribution is -0.126. The molecule has 4 rings (SSSR count). The zero-order chi connectivity index (χ0) is 20.9. The Morgan fingerprint density at radius 3 is 2.63 bits per heavy atom. The Hall–Kier alpha value is -3.75. The summed E-state index contributed by atoms with van der Waals surface area (Å²) in [5.41, 5.74) is 1.57. The SMILES string of the molecule is CCOc1ccc(-n2nnnc2CNC(=O)C2CC(=O)N(c3ccccc3)C2)cc1. The van der Waals surface area contributed by atoms with Gasteiger partial charge in [0.15, 0.2) is 5.82 Å². The van der Waals surface area contributed by atoms with Crippen molar-refractivity contribution in [2.75, 3.05) is 18.1 Å². The van der Waals surface area contributed by atoms with Crippen molar-refractivity contribution in [2.45, 2.75) is 19.9 Å². The van der Waals surface area contributed by atoms with Crippen molar-refractivity contribution in [3.8, 4) is 11.4 Å². The number of rotatable bonds is 7. The van der Waals surface area contributed by atoms with E-state index in [1.165, 1.54) is 0 Å². The minimum Gasteiger partial charge on any atom is -0.494 e. The first kappa shape index (κ1) is 19.6. The van der Waals surface area contributed by atoms with Crippen LogP contribution in [0.1, 0.15) is 19.2 Å². The van der Waals surface area contributed by atoms with E-state index in [0.29, 0.717) is 19.0 Å². The highest BCUT2D eigenvalue weighted by Crippen LogP contribution is 2.25. The van der Waals surface area contributed by atoms with Crippen LogP contribution >= 0.6 is 0 Å². The molecule has 2 heterocycles. The number of carbonyl (C=O) groups excluding carboxylic acids is 2. The average molecular weight is 406 g/mol. The van der Waals surface area contributed by atoms with Crippen molar-refractivity contribution >= 4 is 17.5 Å². The lowest BCUT2D eigenvalue weighted by Gasteiger charge is -2.16. The molecular weight excluding hydrogens is 384 g/mol. The minimum absolute atomic E-state index is 0.0550. The second-order valence-electron chi connectivity index (χ2n) is 6.89. The molecule has 0 bridgehead atoms. The molecule has 2 aromatic carbocycles. The molecule has 0 aliphatic carbocycles. The van der Waals surface area contributed by atoms with Crippen LogP contribution in [0.15, 0.2) is 54.6 Å². The number of amides is 2. The maximum absolute atomic E-state index is 12.6. The van der Waals surface area contributed by atoms with Crippen LogP contribution in [-0.4, -0.2) is 45.2 Å². The topological polar surface area (TPSA) is 102 Å². The number of benzene rings is 2. The number of nitrogens with zero attached hydrogens (tertiary/aromatic N) is 5. The molecule has 1 atom stereocenters. The molecule has 1 N–H and O–H groups in total. The Balaban J connectivity index is 1.38. The van der Waals surface area contributed by atoms with E-state index in [1.54, 1.807) is 9.58 Å². The summed E-state index contributed by atoms with van der Waals surface area (Å²) in [6.07, 6.45) is 0.185. The van der Waals surface area contributed by atoms with Crippen LogP contribution < -0.4 is 15.0 Å². The molecular formula is C21H22N6O3. The molecule has 9 heteroatoms. The van der Waals surface area contributed by atoms with Crippen molar-refractivity contribution in [1.82, 2.24) is 25.5 Å². The predicted octanol–water partition coefficient (Wildman–Crippen LogP) is 1.73. The van der Waals surface area contributed by atoms with Gasteiger partial charge in [0, 0.05) is 18.7 Å². The molecule has 9 nitrogen and oxygen atoms in total. The summed E-state index contributed by atoms with van der Waals surface area (Å²) in [6, 6.07) is 16.7. The minimum atomic E-state index is -0.410. The Kier molecular flexibility index (Phi) is 5.69. The van der Waals surface area contributed by atoms with E-state index in [0.717, 1.165) is 17.1 Å². The third-order valence-electron chi connectivity index (χ3n) is 4.91. The molecule has 3 aromatic rings. The van der Waals surface area contributed by atoms with Crippen LogP contribution in [0.3, 0.4) is 0 Å². The van der Waals surface area contributed by atoms with Gasteiger partial charge < -0.3 is 15.0 Å². The summed E-state index contributed by atoms with van der Waals surface area (Å²) < 4.78 is 7.01. The Labute approximate surface area is 173 Å². The molecule has 0 spiro atoms. The second kappa shape index (κ2) is 8.73. The molecule has 1 saturated heterocycles. The van der Waals surface area contributed by atoms with Crippen LogP contribution in [0.5, 0.6) is 5.75 Å². The monoisotopic (exact) mass is 406 g/mol. The molecule has 30 heavy (non-hydrogen) atoms. The van der Waals surface area contributed by atoms with E-state index in [1.807, 2.05) is 61.5 Å². The maximum Gasteiger partial charge on any atom is 0.227 e. The smallest absolute Gasteiger partial charge is 0.227 e. The molecule has 2 amide bonds. The molecule has 1 aromatic heterocycles. The van der Waals surface area contributed by atoms with Gasteiger partial charge in [0.2, 0.25) is 11.8 Å². The number of carbonyl (C=O) groups is 2. The number of para-hydroxylation sites is 1. The largest absolute Gasteiger partial charge is 0.494 e. The molecule has 154 valence electrons. The number of aromatic nitrogens is 4. The molecule has 1 aliphatic heterocycles. The van der Waals surface area contributed by atoms with Crippen molar-refractivity contribution in [1.29, 1.82) is 0 Å². The number of anilines is 1. The summed E-state index contributed by atoms with van der Waals surface area (Å²) in [6.45, 7) is 3.04. The molecule has 0 saturated carbocycles. The maximum atomic E-state index is 12.6. The first-order valence-electron chi connectivity index (χ1n) is 9.79. The number of nitrogens with one attached hydrogen (secondary N) is 1. The van der Waals surface area contributed by atoms with Gasteiger partial charge in [-0.25, -0.2) is 0 Å². The predicted molar refractivity (Wildman–Crippen MR) is 109 cm³/mol. The van der Waals surface area contributed by atoms with E-state index >= 15 is 0 Å². The zero-order valence-electron chi connectivity index (χ0n) is 16.6. The van der Waals surface area contributed by atoms with Crippen molar-refractivity contribution < 1.29 is 14.3 Å². The second-order valence-corrected chi connectivity index (χ2v) is 6.89. The van der Waals surface area contributed by atoms with Crippen LogP contribution in [0.25, 0.3) is 5.69 Å². The first-order chi connectivity index (χ1) is 14.7. The third kappa shape index (κ3) is 4.14. The highest BCUT2D eigenvalue weighted by atomic mass is 16.5. The summed E-state index contributed by atoms with van der Waals surface area (Å²) in [7, 11) is 0. The fourth-order valence-corrected chi connectivity index (χ4v) is 3.42. The fraction of sp³-hybridized carbons (Fsp3) is 0.286. The van der Waals surface area contributed by atoms with Gasteiger partial charge in [-0.2, -0.15) is 4.68 Å². The van der Waals surface area contributed by atoms with Gasteiger partial charge in [-0.15, -0.1) is 5.10 Å². The van der Waals surface area contributed by atoms with E-state index in [-0.39, 0.29) is 24.8 Å². The Morgan fingerprint density at radius 1 is 1.13 bits per heavy atom. The van der Waals surface area contributed by atoms with Crippen LogP contribution in [-0.2, 0) is 16.1 Å². The molecule has 1 aliphatic rings. The number of hydrogen-bond donors (Lipinski definition) is 1. The summed E-state index contributed by atoms with van der Waals surface area (Å²) >= 11 is 0. The van der Waals surface area contributed by atoms with Gasteiger partial charge in [0.1, 0.15) is 5.75 Å². The fourth-order valence-electron chi connectivity index (χ4n) is 3.42. The van der Waals surface area contributed by atoms with Gasteiger partial charge >= 0.3 is 0 Å². The van der Waals surface area contributed by atoms with Crippen molar-refractivity contribution in [3.05, 3.63) is 60.4 Å². The highest BCUT2D eigenvalue weighted by molar-refractivity contribution is 6.00. The van der Waals surface area contributed by atoms with E-state index in [9.17, 15) is 9.59 Å². The first-order valence-corrected chi connectivity index (χ1v) is 9.79. The number of hydrogen-bond acceptors (Lipinski definition) is 6. The summed E-state index contributed by atoms with van der Waals surface area (Å²) in [4.78, 5) is 26.6. The number of tetrazole rings is 1. The van der Waals surface area contributed by atoms with Gasteiger partial charge in [-0.1, -0.05) is 18.2 Å². The standard InChI is InChI=1S/C21H22N6O3/c1-2-30-18-10-8-17(9-11-18)27-19(23-24-25-27)13-22-21(29)15-12-20(28)26(14-15)16-6-4-3-5-7-16/h3-11,15H,2,12-14H2,1H3,(H,22,29). The quantitative estimate of drug-likeness (QED) is 0.641. The Morgan fingerprint density at radius 2 is 1.90 bits per heavy atom. The third-order valence-corrected chi connectivity index (χ3v) is 4.91. The van der Waals surface area contributed by atoms with Crippen LogP contribution in [0.4, 0.5) is 5.69 Å². The van der Waals surface area contributed by atoms with Crippen molar-refractivity contribution in [2.24, 2.45) is 5.92 Å². The summed E-state index contributed by atoms with van der Waals surface area (Å²) in [5.74, 6) is 0.603. The molecule has 0 radical (unpaired) electrons. The normalized spacial score (nSPS) is 16.0. The van der Waals surface area contributed by atoms with Gasteiger partial charge in [-0.3, -0.25) is 9.59 Å². The summed E-state index contributed by atoms with van der Waals surface area (Å²) in [5, 5.41) is 14.6.